The second-order valence-electron chi connectivity index (χ2n) is 17.5. The van der Waals surface area contributed by atoms with Crippen molar-refractivity contribution in [2.75, 3.05) is 13.2 Å². The van der Waals surface area contributed by atoms with Crippen molar-refractivity contribution in [3.05, 3.63) is 94.1 Å². The lowest BCUT2D eigenvalue weighted by Crippen LogP contribution is -2.13. The lowest BCUT2D eigenvalue weighted by atomic mass is 9.76. The van der Waals surface area contributed by atoms with Crippen molar-refractivity contribution in [2.45, 2.75) is 192 Å². The van der Waals surface area contributed by atoms with Gasteiger partial charge in [0.1, 0.15) is 0 Å². The fourth-order valence-corrected chi connectivity index (χ4v) is 10.4. The van der Waals surface area contributed by atoms with Crippen molar-refractivity contribution in [1.82, 2.24) is 0 Å². The Kier molecular flexibility index (Phi) is 15.9. The molecule has 0 amide bonds. The Balaban J connectivity index is 0.803. The van der Waals surface area contributed by atoms with Crippen molar-refractivity contribution in [2.24, 2.45) is 11.8 Å². The van der Waals surface area contributed by atoms with Crippen LogP contribution in [0.2, 0.25) is 0 Å². The highest BCUT2D eigenvalue weighted by atomic mass is 16.5. The largest absolute Gasteiger partial charge is 0.381 e. The molecule has 280 valence electrons. The maximum atomic E-state index is 6.11. The first-order valence-electron chi connectivity index (χ1n) is 22.3. The Labute approximate surface area is 314 Å². The highest BCUT2D eigenvalue weighted by Gasteiger charge is 2.24. The van der Waals surface area contributed by atoms with Crippen LogP contribution in [0.4, 0.5) is 0 Å². The van der Waals surface area contributed by atoms with E-state index in [-0.39, 0.29) is 0 Å². The number of benzene rings is 2. The smallest absolute Gasteiger partial charge is 0.0469 e. The van der Waals surface area contributed by atoms with Crippen molar-refractivity contribution >= 4 is 0 Å². The second kappa shape index (κ2) is 20.9. The molecule has 2 aromatic carbocycles. The summed E-state index contributed by atoms with van der Waals surface area (Å²) < 4.78 is 6.11. The molecular formula is C50H74O. The number of hydrogen-bond acceptors (Lipinski definition) is 1. The molecule has 1 nitrogen and oxygen atoms in total. The molecule has 0 aliphatic heterocycles. The van der Waals surface area contributed by atoms with E-state index in [1.54, 1.807) is 33.4 Å². The van der Waals surface area contributed by atoms with Gasteiger partial charge in [0.2, 0.25) is 0 Å². The highest BCUT2D eigenvalue weighted by molar-refractivity contribution is 5.31. The van der Waals surface area contributed by atoms with Crippen LogP contribution >= 0.6 is 0 Å². The summed E-state index contributed by atoms with van der Waals surface area (Å²) >= 11 is 0. The van der Waals surface area contributed by atoms with Gasteiger partial charge in [0, 0.05) is 13.2 Å². The van der Waals surface area contributed by atoms with Crippen LogP contribution in [-0.2, 0) is 4.74 Å². The molecule has 0 spiro atoms. The van der Waals surface area contributed by atoms with Gasteiger partial charge in [-0.2, -0.15) is 0 Å². The van der Waals surface area contributed by atoms with Crippen LogP contribution in [0.25, 0.3) is 0 Å². The molecule has 2 fully saturated rings. The Morgan fingerprint density at radius 2 is 0.824 bits per heavy atom. The number of ether oxygens (including phenoxy) is 1. The standard InChI is InChI=1S/C50H74O/c1-3-5-9-39-13-21-43(22-14-39)47-29-33-49(34-30-47)45-25-17-41(18-26-45)11-7-37-51-38-8-12-42-19-27-46(28-20-42)50-35-31-48(32-36-50)44-23-15-40(16-24-44)10-6-4-2/h17,19,29-36,39-40,43-46H,3-16,18,20-28,37-38H2,1-2H3. The Morgan fingerprint density at radius 1 is 0.451 bits per heavy atom. The molecule has 0 radical (unpaired) electrons. The van der Waals surface area contributed by atoms with Gasteiger partial charge in [0.15, 0.2) is 0 Å². The molecule has 6 rings (SSSR count). The van der Waals surface area contributed by atoms with Gasteiger partial charge in [0.25, 0.3) is 0 Å². The fraction of sp³-hybridized carbons (Fsp3) is 0.680. The minimum absolute atomic E-state index is 0.712. The maximum Gasteiger partial charge on any atom is 0.0469 e. The van der Waals surface area contributed by atoms with Crippen LogP contribution in [0.1, 0.15) is 214 Å². The molecule has 0 N–H and O–H groups in total. The van der Waals surface area contributed by atoms with E-state index in [0.29, 0.717) is 11.8 Å². The molecule has 51 heavy (non-hydrogen) atoms. The summed E-state index contributed by atoms with van der Waals surface area (Å²) in [5, 5.41) is 0. The molecule has 0 saturated heterocycles. The van der Waals surface area contributed by atoms with Crippen LogP contribution in [0, 0.1) is 11.8 Å². The summed E-state index contributed by atoms with van der Waals surface area (Å²) in [7, 11) is 0. The van der Waals surface area contributed by atoms with Gasteiger partial charge >= 0.3 is 0 Å². The van der Waals surface area contributed by atoms with E-state index in [1.165, 1.54) is 154 Å². The monoisotopic (exact) mass is 691 g/mol. The van der Waals surface area contributed by atoms with Gasteiger partial charge in [-0.05, 0) is 173 Å². The zero-order valence-electron chi connectivity index (χ0n) is 33.0. The van der Waals surface area contributed by atoms with Gasteiger partial charge in [-0.15, -0.1) is 0 Å². The van der Waals surface area contributed by atoms with E-state index in [4.69, 9.17) is 4.74 Å². The molecule has 2 saturated carbocycles. The van der Waals surface area contributed by atoms with Crippen LogP contribution in [-0.4, -0.2) is 13.2 Å². The van der Waals surface area contributed by atoms with Crippen molar-refractivity contribution in [3.63, 3.8) is 0 Å². The average Bonchev–Trinajstić information content (AvgIpc) is 3.20. The van der Waals surface area contributed by atoms with E-state index in [1.807, 2.05) is 0 Å². The van der Waals surface area contributed by atoms with Crippen LogP contribution in [0.5, 0.6) is 0 Å². The van der Waals surface area contributed by atoms with Crippen LogP contribution in [0.15, 0.2) is 71.8 Å². The molecule has 2 unspecified atom stereocenters. The maximum absolute atomic E-state index is 6.11. The summed E-state index contributed by atoms with van der Waals surface area (Å²) in [5.74, 6) is 5.02. The second-order valence-corrected chi connectivity index (χ2v) is 17.5. The van der Waals surface area contributed by atoms with Crippen LogP contribution < -0.4 is 0 Å². The molecule has 2 aromatic rings. The van der Waals surface area contributed by atoms with Crippen molar-refractivity contribution < 1.29 is 4.74 Å². The Bertz CT molecular complexity index is 1210. The first kappa shape index (κ1) is 38.6. The third-order valence-corrected chi connectivity index (χ3v) is 14.0. The first-order valence-corrected chi connectivity index (χ1v) is 22.3. The minimum Gasteiger partial charge on any atom is -0.381 e. The topological polar surface area (TPSA) is 9.23 Å². The number of rotatable bonds is 18. The average molecular weight is 691 g/mol. The van der Waals surface area contributed by atoms with Gasteiger partial charge < -0.3 is 4.74 Å². The van der Waals surface area contributed by atoms with Crippen LogP contribution in [0.3, 0.4) is 0 Å². The lowest BCUT2D eigenvalue weighted by Gasteiger charge is -2.29. The molecule has 4 aliphatic carbocycles. The van der Waals surface area contributed by atoms with Crippen molar-refractivity contribution in [3.8, 4) is 0 Å². The molecule has 0 bridgehead atoms. The quantitative estimate of drug-likeness (QED) is 0.112. The molecule has 2 atom stereocenters. The highest BCUT2D eigenvalue weighted by Crippen LogP contribution is 2.41. The minimum atomic E-state index is 0.712. The molecule has 1 heteroatoms. The SMILES string of the molecule is CCCCC1CCC(c2ccc(C3CC=C(CCCOCCCC4=CCC(c5ccc(C6CCC(CCCC)CC6)cc5)CC4)CC3)cc2)CC1. The van der Waals surface area contributed by atoms with E-state index in [0.717, 1.165) is 36.9 Å². The molecule has 0 aromatic heterocycles. The first-order chi connectivity index (χ1) is 25.2. The lowest BCUT2D eigenvalue weighted by molar-refractivity contribution is 0.129. The summed E-state index contributed by atoms with van der Waals surface area (Å²) in [5.41, 5.74) is 9.68. The van der Waals surface area contributed by atoms with E-state index in [9.17, 15) is 0 Å². The normalized spacial score (nSPS) is 27.2. The number of allylic oxidation sites excluding steroid dienone is 4. The third kappa shape index (κ3) is 11.9. The molecular weight excluding hydrogens is 617 g/mol. The molecule has 4 aliphatic rings. The van der Waals surface area contributed by atoms with Gasteiger partial charge in [-0.1, -0.05) is 124 Å². The number of hydrogen-bond donors (Lipinski definition) is 0. The van der Waals surface area contributed by atoms with Gasteiger partial charge in [-0.25, -0.2) is 0 Å². The zero-order valence-corrected chi connectivity index (χ0v) is 33.0. The molecule has 0 heterocycles. The van der Waals surface area contributed by atoms with E-state index >= 15 is 0 Å². The summed E-state index contributed by atoms with van der Waals surface area (Å²) in [6.45, 7) is 6.49. The fourth-order valence-electron chi connectivity index (χ4n) is 10.4. The zero-order chi connectivity index (χ0) is 35.1. The number of unbranched alkanes of at least 4 members (excludes halogenated alkanes) is 2. The summed E-state index contributed by atoms with van der Waals surface area (Å²) in [6.07, 6.45) is 37.4. The third-order valence-electron chi connectivity index (χ3n) is 14.0. The van der Waals surface area contributed by atoms with E-state index in [2.05, 4.69) is 74.5 Å². The predicted octanol–water partition coefficient (Wildman–Crippen LogP) is 15.3. The Morgan fingerprint density at radius 3 is 1.16 bits per heavy atom. The van der Waals surface area contributed by atoms with Gasteiger partial charge in [0.05, 0.1) is 0 Å². The van der Waals surface area contributed by atoms with E-state index < -0.39 is 0 Å². The summed E-state index contributed by atoms with van der Waals surface area (Å²) in [6, 6.07) is 19.8. The predicted molar refractivity (Wildman–Crippen MR) is 220 cm³/mol. The Hall–Kier alpha value is -2.12. The van der Waals surface area contributed by atoms with Gasteiger partial charge in [-0.3, -0.25) is 0 Å². The van der Waals surface area contributed by atoms with Crippen molar-refractivity contribution in [1.29, 1.82) is 0 Å². The summed E-state index contributed by atoms with van der Waals surface area (Å²) in [4.78, 5) is 0.